The Morgan fingerprint density at radius 2 is 2.07 bits per heavy atom. The van der Waals surface area contributed by atoms with Crippen molar-refractivity contribution in [3.8, 4) is 11.5 Å². The predicted octanol–water partition coefficient (Wildman–Crippen LogP) is 1.90. The lowest BCUT2D eigenvalue weighted by atomic mass is 9.92. The highest BCUT2D eigenvalue weighted by Gasteiger charge is 2.31. The van der Waals surface area contributed by atoms with Gasteiger partial charge in [0.15, 0.2) is 11.3 Å². The summed E-state index contributed by atoms with van der Waals surface area (Å²) < 4.78 is 19.2. The molecule has 160 valence electrons. The summed E-state index contributed by atoms with van der Waals surface area (Å²) in [6.07, 6.45) is 3.28. The van der Waals surface area contributed by atoms with Crippen LogP contribution in [-0.2, 0) is 13.0 Å². The van der Waals surface area contributed by atoms with E-state index in [1.54, 1.807) is 6.20 Å². The lowest BCUT2D eigenvalue weighted by Crippen LogP contribution is -2.32. The van der Waals surface area contributed by atoms with E-state index in [0.29, 0.717) is 22.8 Å². The summed E-state index contributed by atoms with van der Waals surface area (Å²) in [5, 5.41) is 27.4. The highest BCUT2D eigenvalue weighted by atomic mass is 16.5. The van der Waals surface area contributed by atoms with E-state index in [4.69, 9.17) is 13.9 Å². The maximum absolute atomic E-state index is 12.0. The number of rotatable bonds is 6. The Balaban J connectivity index is 1.74. The quantitative estimate of drug-likeness (QED) is 0.586. The minimum Gasteiger partial charge on any atom is -0.484 e. The number of aryl methyl sites for hydroxylation is 2. The van der Waals surface area contributed by atoms with Gasteiger partial charge in [-0.2, -0.15) is 0 Å². The van der Waals surface area contributed by atoms with E-state index in [2.05, 4.69) is 10.3 Å². The number of fused-ring (bicyclic) bond motifs is 2. The molecule has 1 aromatic carbocycles. The Kier molecular flexibility index (Phi) is 5.25. The average Bonchev–Trinajstić information content (AvgIpc) is 3.15. The average molecular weight is 415 g/mol. The van der Waals surface area contributed by atoms with E-state index >= 15 is 0 Å². The molecule has 0 saturated heterocycles. The van der Waals surface area contributed by atoms with Gasteiger partial charge in [-0.15, -0.1) is 5.10 Å². The highest BCUT2D eigenvalue weighted by molar-refractivity contribution is 5.89. The van der Waals surface area contributed by atoms with Crippen molar-refractivity contribution >= 4 is 11.0 Å². The Labute approximate surface area is 172 Å². The van der Waals surface area contributed by atoms with Gasteiger partial charge in [0.25, 0.3) is 0 Å². The minimum absolute atomic E-state index is 0.0522. The molecular weight excluding hydrogens is 390 g/mol. The topological polar surface area (TPSA) is 120 Å². The Morgan fingerprint density at radius 3 is 2.80 bits per heavy atom. The van der Waals surface area contributed by atoms with Gasteiger partial charge in [-0.3, -0.25) is 0 Å². The van der Waals surface area contributed by atoms with Gasteiger partial charge in [0.1, 0.15) is 17.9 Å². The molecule has 0 spiro atoms. The van der Waals surface area contributed by atoms with Crippen LogP contribution in [0.3, 0.4) is 0 Å². The van der Waals surface area contributed by atoms with Crippen LogP contribution in [0.2, 0.25) is 0 Å². The molecule has 0 atom stereocenters. The summed E-state index contributed by atoms with van der Waals surface area (Å²) in [5.41, 5.74) is 1.81. The second kappa shape index (κ2) is 7.73. The van der Waals surface area contributed by atoms with Gasteiger partial charge in [0.05, 0.1) is 25.5 Å². The molecule has 3 heterocycles. The van der Waals surface area contributed by atoms with Crippen molar-refractivity contribution in [1.82, 2.24) is 15.0 Å². The van der Waals surface area contributed by atoms with Gasteiger partial charge >= 0.3 is 5.63 Å². The van der Waals surface area contributed by atoms with Crippen molar-refractivity contribution < 1.29 is 24.1 Å². The van der Waals surface area contributed by atoms with Crippen molar-refractivity contribution in [2.45, 2.75) is 51.9 Å². The van der Waals surface area contributed by atoms with Crippen molar-refractivity contribution in [1.29, 1.82) is 0 Å². The molecule has 2 N–H and O–H groups in total. The predicted molar refractivity (Wildman–Crippen MR) is 108 cm³/mol. The van der Waals surface area contributed by atoms with Crippen LogP contribution >= 0.6 is 0 Å². The summed E-state index contributed by atoms with van der Waals surface area (Å²) in [6.45, 7) is 5.40. The largest absolute Gasteiger partial charge is 0.484 e. The second-order valence-corrected chi connectivity index (χ2v) is 8.18. The normalized spacial score (nSPS) is 15.3. The zero-order chi connectivity index (χ0) is 21.5. The minimum atomic E-state index is -0.568. The standard InChI is InChI=1S/C21H25N3O6/c1-12-6-17(27)29-19-16(12)7-13-4-5-21(2,3)30-18(13)20(19)28-11-14-8-24(23-22-14)15(9-25)10-26/h6-8,15,25-26H,4-5,9-11H2,1-3H3. The highest BCUT2D eigenvalue weighted by Crippen LogP contribution is 2.45. The molecule has 9 heteroatoms. The molecule has 1 aliphatic heterocycles. The molecule has 0 saturated carbocycles. The zero-order valence-electron chi connectivity index (χ0n) is 17.2. The van der Waals surface area contributed by atoms with Crippen LogP contribution in [0, 0.1) is 6.92 Å². The third kappa shape index (κ3) is 3.78. The second-order valence-electron chi connectivity index (χ2n) is 8.18. The molecule has 0 aliphatic carbocycles. The molecule has 2 aromatic heterocycles. The lowest BCUT2D eigenvalue weighted by molar-refractivity contribution is 0.0787. The van der Waals surface area contributed by atoms with Gasteiger partial charge in [-0.05, 0) is 50.8 Å². The van der Waals surface area contributed by atoms with E-state index in [-0.39, 0.29) is 25.4 Å². The van der Waals surface area contributed by atoms with Gasteiger partial charge < -0.3 is 24.1 Å². The zero-order valence-corrected chi connectivity index (χ0v) is 17.2. The molecule has 0 fully saturated rings. The van der Waals surface area contributed by atoms with Crippen LogP contribution in [-0.4, -0.2) is 44.0 Å². The van der Waals surface area contributed by atoms with Crippen LogP contribution in [0.1, 0.15) is 43.1 Å². The Morgan fingerprint density at radius 1 is 1.30 bits per heavy atom. The third-order valence-corrected chi connectivity index (χ3v) is 5.32. The molecule has 0 bridgehead atoms. The van der Waals surface area contributed by atoms with Crippen LogP contribution < -0.4 is 15.1 Å². The molecular formula is C21H25N3O6. The first-order chi connectivity index (χ1) is 14.3. The van der Waals surface area contributed by atoms with Crippen LogP contribution in [0.5, 0.6) is 11.5 Å². The summed E-state index contributed by atoms with van der Waals surface area (Å²) >= 11 is 0. The summed E-state index contributed by atoms with van der Waals surface area (Å²) in [7, 11) is 0. The van der Waals surface area contributed by atoms with Crippen molar-refractivity contribution in [2.24, 2.45) is 0 Å². The lowest BCUT2D eigenvalue weighted by Gasteiger charge is -2.33. The monoisotopic (exact) mass is 415 g/mol. The number of hydrogen-bond acceptors (Lipinski definition) is 8. The smallest absolute Gasteiger partial charge is 0.336 e. The van der Waals surface area contributed by atoms with Crippen LogP contribution in [0.15, 0.2) is 27.5 Å². The summed E-state index contributed by atoms with van der Waals surface area (Å²) in [5.74, 6) is 0.940. The number of hydrogen-bond donors (Lipinski definition) is 2. The number of nitrogens with zero attached hydrogens (tertiary/aromatic N) is 3. The van der Waals surface area contributed by atoms with E-state index in [1.807, 2.05) is 26.8 Å². The van der Waals surface area contributed by atoms with Gasteiger partial charge in [-0.25, -0.2) is 9.48 Å². The molecule has 4 rings (SSSR count). The maximum atomic E-state index is 12.0. The molecule has 1 aliphatic rings. The van der Waals surface area contributed by atoms with Gasteiger partial charge in [-0.1, -0.05) is 5.21 Å². The fraction of sp³-hybridized carbons (Fsp3) is 0.476. The van der Waals surface area contributed by atoms with Crippen LogP contribution in [0.4, 0.5) is 0 Å². The summed E-state index contributed by atoms with van der Waals surface area (Å²) in [4.78, 5) is 12.0. The third-order valence-electron chi connectivity index (χ3n) is 5.32. The SMILES string of the molecule is Cc1cc(=O)oc2c(OCc3cn(C(CO)CO)nn3)c3c(cc12)CCC(C)(C)O3. The first-order valence-electron chi connectivity index (χ1n) is 9.86. The van der Waals surface area contributed by atoms with Gasteiger partial charge in [0.2, 0.25) is 5.75 Å². The first-order valence-corrected chi connectivity index (χ1v) is 9.86. The number of ether oxygens (including phenoxy) is 2. The van der Waals surface area contributed by atoms with Crippen LogP contribution in [0.25, 0.3) is 11.0 Å². The molecule has 9 nitrogen and oxygen atoms in total. The van der Waals surface area contributed by atoms with Crippen molar-refractivity contribution in [3.63, 3.8) is 0 Å². The number of benzene rings is 1. The Hall–Kier alpha value is -2.91. The number of aliphatic hydroxyl groups excluding tert-OH is 2. The number of aromatic nitrogens is 3. The Bertz CT molecular complexity index is 1130. The van der Waals surface area contributed by atoms with E-state index in [0.717, 1.165) is 29.4 Å². The molecule has 0 unspecified atom stereocenters. The molecule has 3 aromatic rings. The van der Waals surface area contributed by atoms with Crippen molar-refractivity contribution in [3.05, 3.63) is 45.6 Å². The fourth-order valence-corrected chi connectivity index (χ4v) is 3.58. The maximum Gasteiger partial charge on any atom is 0.336 e. The van der Waals surface area contributed by atoms with E-state index in [9.17, 15) is 15.0 Å². The molecule has 0 amide bonds. The molecule has 0 radical (unpaired) electrons. The molecule has 30 heavy (non-hydrogen) atoms. The van der Waals surface area contributed by atoms with E-state index < -0.39 is 11.7 Å². The first kappa shape index (κ1) is 20.4. The number of aliphatic hydroxyl groups is 2. The summed E-state index contributed by atoms with van der Waals surface area (Å²) in [6, 6.07) is 2.89. The van der Waals surface area contributed by atoms with Crippen molar-refractivity contribution in [2.75, 3.05) is 13.2 Å². The van der Waals surface area contributed by atoms with E-state index in [1.165, 1.54) is 10.7 Å². The van der Waals surface area contributed by atoms with Gasteiger partial charge in [0, 0.05) is 11.5 Å². The fourth-order valence-electron chi connectivity index (χ4n) is 3.58.